The molecule has 0 heterocycles. The van der Waals surface area contributed by atoms with Gasteiger partial charge in [0.15, 0.2) is 0 Å². The van der Waals surface area contributed by atoms with Gasteiger partial charge < -0.3 is 9.47 Å². The summed E-state index contributed by atoms with van der Waals surface area (Å²) in [7, 11) is 0. The summed E-state index contributed by atoms with van der Waals surface area (Å²) in [4.78, 5) is 0. The highest BCUT2D eigenvalue weighted by molar-refractivity contribution is 5.46. The molecule has 0 atom stereocenters. The van der Waals surface area contributed by atoms with Crippen LogP contribution < -0.4 is 9.47 Å². The molecule has 4 aromatic rings. The zero-order valence-electron chi connectivity index (χ0n) is 20.6. The molecule has 0 bridgehead atoms. The van der Waals surface area contributed by atoms with Crippen molar-refractivity contribution in [3.05, 3.63) is 118 Å². The minimum atomic E-state index is -1.39. The fraction of sp³-hybridized carbons (Fsp3) is 0.226. The zero-order valence-corrected chi connectivity index (χ0v) is 20.6. The molecule has 0 unspecified atom stereocenters. The number of hydrogen-bond donors (Lipinski definition) is 0. The smallest absolute Gasteiger partial charge is 0.127 e. The second-order valence-corrected chi connectivity index (χ2v) is 9.09. The topological polar surface area (TPSA) is 18.5 Å². The van der Waals surface area contributed by atoms with E-state index in [-0.39, 0.29) is 0 Å². The number of halogens is 2. The molecule has 4 rings (SSSR count). The summed E-state index contributed by atoms with van der Waals surface area (Å²) >= 11 is 0. The highest BCUT2D eigenvalue weighted by Gasteiger charge is 2.35. The first kappa shape index (κ1) is 24.5. The largest absolute Gasteiger partial charge is 0.457 e. The van der Waals surface area contributed by atoms with E-state index >= 15 is 0 Å². The van der Waals surface area contributed by atoms with Gasteiger partial charge in [0, 0.05) is 0 Å². The number of hydrogen-bond acceptors (Lipinski definition) is 2. The first-order chi connectivity index (χ1) is 16.8. The van der Waals surface area contributed by atoms with Crippen molar-refractivity contribution in [3.63, 3.8) is 0 Å². The quantitative estimate of drug-likeness (QED) is 0.255. The molecule has 4 heteroatoms. The molecule has 35 heavy (non-hydrogen) atoms. The van der Waals surface area contributed by atoms with Crippen LogP contribution in [0.2, 0.25) is 0 Å². The van der Waals surface area contributed by atoms with Crippen LogP contribution in [0.3, 0.4) is 0 Å². The van der Waals surface area contributed by atoms with Crippen molar-refractivity contribution >= 4 is 0 Å². The van der Waals surface area contributed by atoms with Crippen LogP contribution in [0.15, 0.2) is 84.9 Å². The van der Waals surface area contributed by atoms with Gasteiger partial charge in [0.1, 0.15) is 36.3 Å². The number of alkyl halides is 2. The lowest BCUT2D eigenvalue weighted by atomic mass is 9.76. The Hall–Kier alpha value is -3.66. The summed E-state index contributed by atoms with van der Waals surface area (Å²) in [5.41, 5.74) is 4.37. The SMILES string of the molecule is Cc1ccc(Oc2ccc(C(CF)(CF)c3ccc(Oc4ccc(C)c(C)c4)cc3)cc2)cc1C. The average molecular weight is 473 g/mol. The lowest BCUT2D eigenvalue weighted by Crippen LogP contribution is -2.32. The van der Waals surface area contributed by atoms with Gasteiger partial charge in [0.05, 0.1) is 5.41 Å². The molecular weight excluding hydrogens is 442 g/mol. The third kappa shape index (κ3) is 5.22. The molecule has 0 saturated heterocycles. The highest BCUT2D eigenvalue weighted by Crippen LogP contribution is 2.37. The van der Waals surface area contributed by atoms with Gasteiger partial charge in [-0.05, 0) is 110 Å². The Labute approximate surface area is 206 Å². The Morgan fingerprint density at radius 3 is 1.14 bits per heavy atom. The summed E-state index contributed by atoms with van der Waals surface area (Å²) in [5, 5.41) is 0. The third-order valence-corrected chi connectivity index (χ3v) is 6.70. The van der Waals surface area contributed by atoms with Gasteiger partial charge in [-0.3, -0.25) is 0 Å². The predicted octanol–water partition coefficient (Wildman–Crippen LogP) is 8.73. The van der Waals surface area contributed by atoms with Gasteiger partial charge in [0.25, 0.3) is 0 Å². The van der Waals surface area contributed by atoms with Crippen LogP contribution in [-0.2, 0) is 5.41 Å². The van der Waals surface area contributed by atoms with Crippen molar-refractivity contribution in [3.8, 4) is 23.0 Å². The van der Waals surface area contributed by atoms with E-state index in [1.165, 1.54) is 11.1 Å². The molecule has 0 spiro atoms. The van der Waals surface area contributed by atoms with Crippen LogP contribution in [0, 0.1) is 27.7 Å². The molecule has 0 aromatic heterocycles. The molecule has 180 valence electrons. The number of aryl methyl sites for hydroxylation is 4. The van der Waals surface area contributed by atoms with Crippen LogP contribution in [0.4, 0.5) is 8.78 Å². The maximum atomic E-state index is 14.4. The van der Waals surface area contributed by atoms with Crippen LogP contribution in [0.1, 0.15) is 33.4 Å². The molecule has 0 fully saturated rings. The van der Waals surface area contributed by atoms with Gasteiger partial charge in [-0.2, -0.15) is 0 Å². The summed E-state index contributed by atoms with van der Waals surface area (Å²) in [5.74, 6) is 2.67. The summed E-state index contributed by atoms with van der Waals surface area (Å²) < 4.78 is 40.8. The van der Waals surface area contributed by atoms with E-state index in [1.807, 2.05) is 64.1 Å². The molecule has 0 amide bonds. The van der Waals surface area contributed by atoms with Gasteiger partial charge >= 0.3 is 0 Å². The lowest BCUT2D eigenvalue weighted by Gasteiger charge is -2.29. The number of rotatable bonds is 8. The van der Waals surface area contributed by atoms with E-state index in [4.69, 9.17) is 9.47 Å². The zero-order chi connectivity index (χ0) is 25.0. The molecule has 4 aromatic carbocycles. The first-order valence-electron chi connectivity index (χ1n) is 11.7. The van der Waals surface area contributed by atoms with Gasteiger partial charge in [-0.25, -0.2) is 8.78 Å². The molecule has 0 aliphatic rings. The summed E-state index contributed by atoms with van der Waals surface area (Å²) in [6.07, 6.45) is 0. The third-order valence-electron chi connectivity index (χ3n) is 6.70. The molecule has 2 nitrogen and oxygen atoms in total. The Balaban J connectivity index is 1.55. The normalized spacial score (nSPS) is 11.4. The van der Waals surface area contributed by atoms with E-state index in [1.54, 1.807) is 48.5 Å². The van der Waals surface area contributed by atoms with E-state index in [2.05, 4.69) is 0 Å². The highest BCUT2D eigenvalue weighted by atomic mass is 19.1. The standard InChI is InChI=1S/C31H30F2O2/c1-21-5-11-29(17-23(21)3)34-27-13-7-25(8-14-27)31(19-32,20-33)26-9-15-28(16-10-26)35-30-12-6-22(2)24(4)18-30/h5-18H,19-20H2,1-4H3. The van der Waals surface area contributed by atoms with Crippen molar-refractivity contribution in [2.24, 2.45) is 0 Å². The van der Waals surface area contributed by atoms with E-state index in [0.29, 0.717) is 22.6 Å². The molecule has 0 aliphatic carbocycles. The van der Waals surface area contributed by atoms with E-state index in [9.17, 15) is 8.78 Å². The molecule has 0 N–H and O–H groups in total. The Morgan fingerprint density at radius 2 is 0.829 bits per heavy atom. The molecule has 0 saturated carbocycles. The molecule has 0 radical (unpaired) electrons. The minimum Gasteiger partial charge on any atom is -0.457 e. The molecule has 0 aliphatic heterocycles. The van der Waals surface area contributed by atoms with Crippen LogP contribution in [-0.4, -0.2) is 13.3 Å². The van der Waals surface area contributed by atoms with Crippen LogP contribution in [0.5, 0.6) is 23.0 Å². The summed E-state index contributed by atoms with van der Waals surface area (Å²) in [6, 6.07) is 25.7. The van der Waals surface area contributed by atoms with Crippen LogP contribution >= 0.6 is 0 Å². The lowest BCUT2D eigenvalue weighted by molar-refractivity contribution is 0.278. The second-order valence-electron chi connectivity index (χ2n) is 9.09. The second kappa shape index (κ2) is 10.3. The maximum absolute atomic E-state index is 14.4. The Kier molecular flexibility index (Phi) is 7.20. The van der Waals surface area contributed by atoms with Crippen molar-refractivity contribution in [1.82, 2.24) is 0 Å². The Bertz CT molecular complexity index is 1190. The first-order valence-corrected chi connectivity index (χ1v) is 11.7. The van der Waals surface area contributed by atoms with Crippen molar-refractivity contribution in [2.45, 2.75) is 33.1 Å². The number of ether oxygens (including phenoxy) is 2. The van der Waals surface area contributed by atoms with Crippen molar-refractivity contribution in [2.75, 3.05) is 13.3 Å². The van der Waals surface area contributed by atoms with Crippen molar-refractivity contribution in [1.29, 1.82) is 0 Å². The fourth-order valence-corrected chi connectivity index (χ4v) is 4.02. The van der Waals surface area contributed by atoms with E-state index < -0.39 is 18.8 Å². The van der Waals surface area contributed by atoms with Gasteiger partial charge in [-0.1, -0.05) is 36.4 Å². The summed E-state index contributed by atoms with van der Waals surface area (Å²) in [6.45, 7) is 6.42. The number of benzene rings is 4. The van der Waals surface area contributed by atoms with Crippen LogP contribution in [0.25, 0.3) is 0 Å². The molecular formula is C31H30F2O2. The predicted molar refractivity (Wildman–Crippen MR) is 138 cm³/mol. The van der Waals surface area contributed by atoms with E-state index in [0.717, 1.165) is 22.6 Å². The average Bonchev–Trinajstić information content (AvgIpc) is 2.87. The maximum Gasteiger partial charge on any atom is 0.127 e. The van der Waals surface area contributed by atoms with Gasteiger partial charge in [-0.15, -0.1) is 0 Å². The fourth-order valence-electron chi connectivity index (χ4n) is 4.02. The van der Waals surface area contributed by atoms with Crippen molar-refractivity contribution < 1.29 is 18.3 Å². The minimum absolute atomic E-state index is 0.553. The monoisotopic (exact) mass is 472 g/mol. The Morgan fingerprint density at radius 1 is 0.486 bits per heavy atom. The van der Waals surface area contributed by atoms with Gasteiger partial charge in [0.2, 0.25) is 0 Å².